The first-order valence-corrected chi connectivity index (χ1v) is 23.6. The van der Waals surface area contributed by atoms with Crippen LogP contribution in [0.1, 0.15) is 26.3 Å². The summed E-state index contributed by atoms with van der Waals surface area (Å²) < 4.78 is 13.6. The fourth-order valence-corrected chi connectivity index (χ4v) is 10.4. The SMILES string of the molecule is CC(C)(C)c1ccnc(-n2c3ccccc3c3ccc(Oc4cccc(-n5[c-][n+]6c7c(cccc75)-c5ccccc5-c5ccccc5-c5cc(-c7ccccc7)cc(-c7ccccc7)c5-6)c4)cc32)c1. The quantitative estimate of drug-likeness (QED) is 0.123. The lowest BCUT2D eigenvalue weighted by molar-refractivity contribution is -0.570. The molecule has 9 aromatic carbocycles. The molecule has 0 bridgehead atoms. The van der Waals surface area contributed by atoms with Crippen molar-refractivity contribution in [3.05, 3.63) is 236 Å². The van der Waals surface area contributed by atoms with Crippen LogP contribution in [0.5, 0.6) is 11.5 Å². The number of pyridine rings is 1. The van der Waals surface area contributed by atoms with Crippen molar-refractivity contribution in [3.8, 4) is 84.3 Å². The van der Waals surface area contributed by atoms with E-state index in [0.717, 1.165) is 101 Å². The Bertz CT molecular complexity index is 3970. The maximum atomic E-state index is 6.86. The third kappa shape index (κ3) is 6.77. The molecule has 0 N–H and O–H groups in total. The highest BCUT2D eigenvalue weighted by atomic mass is 16.5. The van der Waals surface area contributed by atoms with Crippen molar-refractivity contribution >= 4 is 32.8 Å². The second kappa shape index (κ2) is 15.9. The summed E-state index contributed by atoms with van der Waals surface area (Å²) in [5, 5.41) is 2.32. The number of para-hydroxylation sites is 2. The van der Waals surface area contributed by atoms with Crippen molar-refractivity contribution in [3.63, 3.8) is 0 Å². The first-order valence-electron chi connectivity index (χ1n) is 23.6. The van der Waals surface area contributed by atoms with Crippen LogP contribution in [0.25, 0.3) is 106 Å². The highest BCUT2D eigenvalue weighted by Gasteiger charge is 2.27. The zero-order valence-electron chi connectivity index (χ0n) is 38.6. The zero-order valence-corrected chi connectivity index (χ0v) is 38.6. The Kier molecular flexibility index (Phi) is 9.34. The minimum absolute atomic E-state index is 0.0239. The molecule has 69 heavy (non-hydrogen) atoms. The van der Waals surface area contributed by atoms with Crippen molar-refractivity contribution in [1.82, 2.24) is 14.1 Å². The van der Waals surface area contributed by atoms with E-state index in [0.29, 0.717) is 0 Å². The Morgan fingerprint density at radius 2 is 1.04 bits per heavy atom. The second-order valence-electron chi connectivity index (χ2n) is 19.0. The number of fused-ring (bicyclic) bond motifs is 10. The summed E-state index contributed by atoms with van der Waals surface area (Å²) in [7, 11) is 0. The van der Waals surface area contributed by atoms with E-state index in [-0.39, 0.29) is 5.41 Å². The zero-order chi connectivity index (χ0) is 46.2. The number of rotatable bonds is 6. The van der Waals surface area contributed by atoms with Gasteiger partial charge in [0.25, 0.3) is 6.33 Å². The van der Waals surface area contributed by atoms with Crippen LogP contribution in [-0.4, -0.2) is 14.1 Å². The summed E-state index contributed by atoms with van der Waals surface area (Å²) >= 11 is 0. The van der Waals surface area contributed by atoms with E-state index in [1.807, 2.05) is 12.3 Å². The summed E-state index contributed by atoms with van der Waals surface area (Å²) in [6.45, 7) is 6.72. The summed E-state index contributed by atoms with van der Waals surface area (Å²) in [5.41, 5.74) is 19.0. The van der Waals surface area contributed by atoms with Gasteiger partial charge < -0.3 is 4.74 Å². The molecule has 4 heterocycles. The molecule has 1 aliphatic heterocycles. The Balaban J connectivity index is 1.01. The topological polar surface area (TPSA) is 35.9 Å². The molecule has 0 saturated heterocycles. The molecule has 0 saturated carbocycles. The van der Waals surface area contributed by atoms with Crippen molar-refractivity contribution in [2.24, 2.45) is 0 Å². The van der Waals surface area contributed by atoms with Gasteiger partial charge in [0, 0.05) is 23.0 Å². The molecule has 3 aromatic heterocycles. The van der Waals surface area contributed by atoms with Gasteiger partial charge in [-0.1, -0.05) is 172 Å². The van der Waals surface area contributed by atoms with Crippen LogP contribution in [0.15, 0.2) is 225 Å². The molecule has 13 rings (SSSR count). The van der Waals surface area contributed by atoms with E-state index < -0.39 is 0 Å². The van der Waals surface area contributed by atoms with E-state index in [1.54, 1.807) is 0 Å². The lowest BCUT2D eigenvalue weighted by atomic mass is 9.86. The van der Waals surface area contributed by atoms with Crippen LogP contribution >= 0.6 is 0 Å². The summed E-state index contributed by atoms with van der Waals surface area (Å²) in [6, 6.07) is 78.2. The molecule has 328 valence electrons. The monoisotopic (exact) mass is 886 g/mol. The molecule has 5 heteroatoms. The van der Waals surface area contributed by atoms with Gasteiger partial charge in [0.1, 0.15) is 17.3 Å². The number of ether oxygens (including phenoxy) is 1. The fourth-order valence-electron chi connectivity index (χ4n) is 10.4. The van der Waals surface area contributed by atoms with E-state index in [1.165, 1.54) is 22.1 Å². The summed E-state index contributed by atoms with van der Waals surface area (Å²) in [4.78, 5) is 4.91. The van der Waals surface area contributed by atoms with Gasteiger partial charge >= 0.3 is 0 Å². The fraction of sp³-hybridized carbons (Fsp3) is 0.0625. The van der Waals surface area contributed by atoms with E-state index >= 15 is 0 Å². The number of hydrogen-bond donors (Lipinski definition) is 0. The van der Waals surface area contributed by atoms with E-state index in [2.05, 4.69) is 253 Å². The van der Waals surface area contributed by atoms with Crippen LogP contribution in [0.3, 0.4) is 0 Å². The molecule has 0 unspecified atom stereocenters. The first kappa shape index (κ1) is 40.5. The molecular formula is C64H46N4O. The Morgan fingerprint density at radius 1 is 0.449 bits per heavy atom. The largest absolute Gasteiger partial charge is 0.458 e. The second-order valence-corrected chi connectivity index (χ2v) is 19.0. The highest BCUT2D eigenvalue weighted by Crippen LogP contribution is 2.47. The molecule has 0 radical (unpaired) electrons. The van der Waals surface area contributed by atoms with Gasteiger partial charge in [-0.15, -0.1) is 0 Å². The lowest BCUT2D eigenvalue weighted by Gasteiger charge is -2.20. The minimum atomic E-state index is -0.0239. The van der Waals surface area contributed by atoms with Crippen molar-refractivity contribution in [2.75, 3.05) is 0 Å². The first-order chi connectivity index (χ1) is 33.9. The number of aromatic nitrogens is 4. The van der Waals surface area contributed by atoms with Crippen LogP contribution in [0, 0.1) is 6.33 Å². The third-order valence-corrected chi connectivity index (χ3v) is 13.7. The van der Waals surface area contributed by atoms with Gasteiger partial charge in [0.15, 0.2) is 0 Å². The van der Waals surface area contributed by atoms with Crippen molar-refractivity contribution in [2.45, 2.75) is 26.2 Å². The Hall–Kier alpha value is -8.80. The van der Waals surface area contributed by atoms with Gasteiger partial charge in [-0.3, -0.25) is 13.7 Å². The average molecular weight is 887 g/mol. The maximum absolute atomic E-state index is 6.86. The predicted octanol–water partition coefficient (Wildman–Crippen LogP) is 15.9. The van der Waals surface area contributed by atoms with Crippen molar-refractivity contribution < 1.29 is 9.30 Å². The minimum Gasteiger partial charge on any atom is -0.458 e. The normalized spacial score (nSPS) is 12.0. The highest BCUT2D eigenvalue weighted by molar-refractivity contribution is 6.09. The molecule has 0 amide bonds. The number of imidazole rings is 1. The van der Waals surface area contributed by atoms with Crippen LogP contribution in [0.2, 0.25) is 0 Å². The van der Waals surface area contributed by atoms with Gasteiger partial charge in [-0.05, 0) is 127 Å². The van der Waals surface area contributed by atoms with Crippen LogP contribution < -0.4 is 9.30 Å². The Labute approximate surface area is 401 Å². The molecule has 0 aliphatic carbocycles. The van der Waals surface area contributed by atoms with Gasteiger partial charge in [-0.2, -0.15) is 0 Å². The molecular weight excluding hydrogens is 841 g/mol. The van der Waals surface area contributed by atoms with Crippen LogP contribution in [-0.2, 0) is 5.41 Å². The van der Waals surface area contributed by atoms with Gasteiger partial charge in [0.05, 0.1) is 33.4 Å². The number of nitrogens with zero attached hydrogens (tertiary/aromatic N) is 4. The summed E-state index contributed by atoms with van der Waals surface area (Å²) in [5.74, 6) is 2.34. The van der Waals surface area contributed by atoms with Crippen molar-refractivity contribution in [1.29, 1.82) is 0 Å². The predicted molar refractivity (Wildman–Crippen MR) is 282 cm³/mol. The molecule has 0 atom stereocenters. The molecule has 5 nitrogen and oxygen atoms in total. The standard InChI is InChI=1S/C64H46N4O/c1-64(2,3)45-34-35-65-61(38-45)68-58-30-15-14-28-53(58)54-33-32-48(40-60(54)68)69-47-23-16-22-46(39-47)66-41-67-62-56(43-20-8-5-9-21-43)36-44(42-18-6-4-7-19-42)37-57(62)52-27-13-11-25-50(52)49-24-10-12-26-51(49)55-29-17-31-59(66)63(55)67/h4-40H,1-3H3. The summed E-state index contributed by atoms with van der Waals surface area (Å²) in [6.07, 6.45) is 5.89. The smallest absolute Gasteiger partial charge is 0.269 e. The molecule has 0 fully saturated rings. The van der Waals surface area contributed by atoms with Gasteiger partial charge in [-0.25, -0.2) is 4.98 Å². The average Bonchev–Trinajstić information content (AvgIpc) is 3.95. The number of hydrogen-bond acceptors (Lipinski definition) is 2. The lowest BCUT2D eigenvalue weighted by Crippen LogP contribution is -2.32. The van der Waals surface area contributed by atoms with Crippen LogP contribution in [0.4, 0.5) is 0 Å². The van der Waals surface area contributed by atoms with E-state index in [9.17, 15) is 0 Å². The molecule has 12 aromatic rings. The number of benzene rings is 9. The molecule has 1 aliphatic rings. The maximum Gasteiger partial charge on any atom is 0.269 e. The van der Waals surface area contributed by atoms with Gasteiger partial charge in [0.2, 0.25) is 0 Å². The molecule has 0 spiro atoms. The Morgan fingerprint density at radius 3 is 1.80 bits per heavy atom. The third-order valence-electron chi connectivity index (χ3n) is 13.7. The van der Waals surface area contributed by atoms with E-state index in [4.69, 9.17) is 9.72 Å².